The van der Waals surface area contributed by atoms with Gasteiger partial charge in [0.25, 0.3) is 5.91 Å². The number of aryl methyl sites for hydroxylation is 1. The highest BCUT2D eigenvalue weighted by molar-refractivity contribution is 5.98. The SMILES string of the molecule is COc1cc(C)c2c(c1C)CCN(CCN)C2=O. The summed E-state index contributed by atoms with van der Waals surface area (Å²) in [6.07, 6.45) is 0.880. The Labute approximate surface area is 108 Å². The van der Waals surface area contributed by atoms with E-state index < -0.39 is 0 Å². The van der Waals surface area contributed by atoms with Crippen molar-refractivity contribution in [1.82, 2.24) is 4.90 Å². The second-order valence-corrected chi connectivity index (χ2v) is 4.71. The van der Waals surface area contributed by atoms with Crippen LogP contribution in [0.2, 0.25) is 0 Å². The smallest absolute Gasteiger partial charge is 0.254 e. The minimum Gasteiger partial charge on any atom is -0.496 e. The standard InChI is InChI=1S/C14H20N2O2/c1-9-8-12(18-3)10(2)11-4-6-16(7-5-15)14(17)13(9)11/h8H,4-7,15H2,1-3H3. The zero-order chi connectivity index (χ0) is 13.3. The van der Waals surface area contributed by atoms with Crippen molar-refractivity contribution in [2.75, 3.05) is 26.7 Å². The number of nitrogens with zero attached hydrogens (tertiary/aromatic N) is 1. The molecule has 0 aliphatic carbocycles. The summed E-state index contributed by atoms with van der Waals surface area (Å²) in [4.78, 5) is 14.2. The molecule has 0 radical (unpaired) electrons. The van der Waals surface area contributed by atoms with Crippen LogP contribution in [0.25, 0.3) is 0 Å². The Morgan fingerprint density at radius 1 is 1.44 bits per heavy atom. The Morgan fingerprint density at radius 3 is 2.78 bits per heavy atom. The third-order valence-corrected chi connectivity index (χ3v) is 3.62. The van der Waals surface area contributed by atoms with E-state index in [4.69, 9.17) is 10.5 Å². The quantitative estimate of drug-likeness (QED) is 0.876. The number of rotatable bonds is 3. The largest absolute Gasteiger partial charge is 0.496 e. The van der Waals surface area contributed by atoms with Crippen LogP contribution in [0.4, 0.5) is 0 Å². The zero-order valence-corrected chi connectivity index (χ0v) is 11.2. The Bertz CT molecular complexity index is 483. The maximum Gasteiger partial charge on any atom is 0.254 e. The molecule has 0 spiro atoms. The van der Waals surface area contributed by atoms with Crippen LogP contribution in [0.1, 0.15) is 27.0 Å². The number of hydrogen-bond acceptors (Lipinski definition) is 3. The Morgan fingerprint density at radius 2 is 2.17 bits per heavy atom. The number of benzene rings is 1. The molecule has 1 aromatic carbocycles. The van der Waals surface area contributed by atoms with E-state index in [1.807, 2.05) is 24.8 Å². The number of nitrogens with two attached hydrogens (primary N) is 1. The second kappa shape index (κ2) is 4.98. The molecule has 98 valence electrons. The van der Waals surface area contributed by atoms with E-state index in [1.165, 1.54) is 0 Å². The van der Waals surface area contributed by atoms with Crippen LogP contribution in [0, 0.1) is 13.8 Å². The lowest BCUT2D eigenvalue weighted by Crippen LogP contribution is -2.41. The molecule has 0 saturated heterocycles. The van der Waals surface area contributed by atoms with Gasteiger partial charge >= 0.3 is 0 Å². The minimum absolute atomic E-state index is 0.102. The van der Waals surface area contributed by atoms with E-state index in [9.17, 15) is 4.79 Å². The summed E-state index contributed by atoms with van der Waals surface area (Å²) in [5.74, 6) is 0.969. The fourth-order valence-corrected chi connectivity index (χ4v) is 2.65. The number of methoxy groups -OCH3 is 1. The molecule has 0 fully saturated rings. The molecule has 0 atom stereocenters. The first-order valence-corrected chi connectivity index (χ1v) is 6.26. The number of amides is 1. The van der Waals surface area contributed by atoms with E-state index in [0.29, 0.717) is 13.1 Å². The van der Waals surface area contributed by atoms with Crippen molar-refractivity contribution in [2.45, 2.75) is 20.3 Å². The van der Waals surface area contributed by atoms with Gasteiger partial charge in [-0.15, -0.1) is 0 Å². The Hall–Kier alpha value is -1.55. The van der Waals surface area contributed by atoms with Crippen molar-refractivity contribution in [3.8, 4) is 5.75 Å². The summed E-state index contributed by atoms with van der Waals surface area (Å²) in [5.41, 5.74) is 9.58. The number of carbonyl (C=O) groups is 1. The molecule has 1 amide bonds. The number of ether oxygens (including phenoxy) is 1. The van der Waals surface area contributed by atoms with Crippen molar-refractivity contribution >= 4 is 5.91 Å². The topological polar surface area (TPSA) is 55.6 Å². The molecule has 0 unspecified atom stereocenters. The van der Waals surface area contributed by atoms with Crippen LogP contribution >= 0.6 is 0 Å². The molecule has 18 heavy (non-hydrogen) atoms. The lowest BCUT2D eigenvalue weighted by atomic mass is 9.90. The third kappa shape index (κ3) is 1.97. The van der Waals surface area contributed by atoms with Crippen molar-refractivity contribution in [3.05, 3.63) is 28.3 Å². The van der Waals surface area contributed by atoms with Crippen LogP contribution in [-0.2, 0) is 6.42 Å². The van der Waals surface area contributed by atoms with Crippen LogP contribution < -0.4 is 10.5 Å². The Balaban J connectivity index is 2.49. The van der Waals surface area contributed by atoms with Crippen molar-refractivity contribution in [1.29, 1.82) is 0 Å². The van der Waals surface area contributed by atoms with Gasteiger partial charge in [0.1, 0.15) is 5.75 Å². The fourth-order valence-electron chi connectivity index (χ4n) is 2.65. The molecule has 4 heteroatoms. The lowest BCUT2D eigenvalue weighted by molar-refractivity contribution is 0.0743. The number of hydrogen-bond donors (Lipinski definition) is 1. The highest BCUT2D eigenvalue weighted by Gasteiger charge is 2.27. The van der Waals surface area contributed by atoms with Gasteiger partial charge in [0.05, 0.1) is 7.11 Å². The van der Waals surface area contributed by atoms with Crippen LogP contribution in [0.5, 0.6) is 5.75 Å². The molecule has 1 aliphatic rings. The van der Waals surface area contributed by atoms with Gasteiger partial charge in [-0.2, -0.15) is 0 Å². The molecule has 2 rings (SSSR count). The molecule has 4 nitrogen and oxygen atoms in total. The van der Waals surface area contributed by atoms with Gasteiger partial charge in [-0.05, 0) is 43.0 Å². The summed E-state index contributed by atoms with van der Waals surface area (Å²) < 4.78 is 5.36. The molecular weight excluding hydrogens is 228 g/mol. The molecule has 0 saturated carbocycles. The van der Waals surface area contributed by atoms with Crippen LogP contribution in [0.3, 0.4) is 0 Å². The average molecular weight is 248 g/mol. The summed E-state index contributed by atoms with van der Waals surface area (Å²) in [7, 11) is 1.67. The molecule has 1 aliphatic heterocycles. The maximum atomic E-state index is 12.4. The van der Waals surface area contributed by atoms with Gasteiger partial charge in [-0.25, -0.2) is 0 Å². The molecular formula is C14H20N2O2. The Kier molecular flexibility index (Phi) is 3.57. The highest BCUT2D eigenvalue weighted by Crippen LogP contribution is 2.31. The summed E-state index contributed by atoms with van der Waals surface area (Å²) in [6, 6.07) is 1.94. The first-order chi connectivity index (χ1) is 8.60. The van der Waals surface area contributed by atoms with Gasteiger partial charge in [-0.1, -0.05) is 0 Å². The van der Waals surface area contributed by atoms with Gasteiger partial charge in [-0.3, -0.25) is 4.79 Å². The number of carbonyl (C=O) groups excluding carboxylic acids is 1. The van der Waals surface area contributed by atoms with Gasteiger partial charge in [0, 0.05) is 25.2 Å². The van der Waals surface area contributed by atoms with Crippen LogP contribution in [-0.4, -0.2) is 37.6 Å². The van der Waals surface area contributed by atoms with Crippen molar-refractivity contribution < 1.29 is 9.53 Å². The van der Waals surface area contributed by atoms with E-state index in [1.54, 1.807) is 7.11 Å². The maximum absolute atomic E-state index is 12.4. The molecule has 0 bridgehead atoms. The van der Waals surface area contributed by atoms with E-state index in [2.05, 4.69) is 0 Å². The average Bonchev–Trinajstić information content (AvgIpc) is 2.36. The molecule has 1 heterocycles. The van der Waals surface area contributed by atoms with E-state index in [-0.39, 0.29) is 5.91 Å². The molecule has 0 aromatic heterocycles. The molecule has 1 aromatic rings. The zero-order valence-electron chi connectivity index (χ0n) is 11.2. The first kappa shape index (κ1) is 12.9. The van der Waals surface area contributed by atoms with Gasteiger partial charge in [0.15, 0.2) is 0 Å². The van der Waals surface area contributed by atoms with Gasteiger partial charge < -0.3 is 15.4 Å². The second-order valence-electron chi connectivity index (χ2n) is 4.71. The molecule has 2 N–H and O–H groups in total. The van der Waals surface area contributed by atoms with Crippen molar-refractivity contribution in [2.24, 2.45) is 5.73 Å². The number of fused-ring (bicyclic) bond motifs is 1. The predicted molar refractivity (Wildman–Crippen MR) is 71.1 cm³/mol. The predicted octanol–water partition coefficient (Wildman–Crippen LogP) is 1.27. The van der Waals surface area contributed by atoms with Crippen molar-refractivity contribution in [3.63, 3.8) is 0 Å². The normalized spacial score (nSPS) is 14.7. The highest BCUT2D eigenvalue weighted by atomic mass is 16.5. The summed E-state index contributed by atoms with van der Waals surface area (Å²) in [5, 5.41) is 0. The van der Waals surface area contributed by atoms with Gasteiger partial charge in [0.2, 0.25) is 0 Å². The monoisotopic (exact) mass is 248 g/mol. The summed E-state index contributed by atoms with van der Waals surface area (Å²) >= 11 is 0. The summed E-state index contributed by atoms with van der Waals surface area (Å²) in [6.45, 7) is 5.86. The lowest BCUT2D eigenvalue weighted by Gasteiger charge is -2.30. The van der Waals surface area contributed by atoms with Crippen LogP contribution in [0.15, 0.2) is 6.07 Å². The van der Waals surface area contributed by atoms with E-state index >= 15 is 0 Å². The van der Waals surface area contributed by atoms with E-state index in [0.717, 1.165) is 41.0 Å². The fraction of sp³-hybridized carbons (Fsp3) is 0.500. The third-order valence-electron chi connectivity index (χ3n) is 3.62. The first-order valence-electron chi connectivity index (χ1n) is 6.26. The minimum atomic E-state index is 0.102.